The molecule has 0 bridgehead atoms. The van der Waals surface area contributed by atoms with Crippen LogP contribution < -0.4 is 11.1 Å². The van der Waals surface area contributed by atoms with Gasteiger partial charge in [-0.2, -0.15) is 0 Å². The predicted octanol–water partition coefficient (Wildman–Crippen LogP) is 4.09. The van der Waals surface area contributed by atoms with Gasteiger partial charge in [-0.25, -0.2) is 4.79 Å². The van der Waals surface area contributed by atoms with Gasteiger partial charge in [-0.15, -0.1) is 0 Å². The van der Waals surface area contributed by atoms with E-state index in [1.165, 1.54) is 39.2 Å². The van der Waals surface area contributed by atoms with Crippen molar-refractivity contribution in [2.75, 3.05) is 18.2 Å². The fourth-order valence-corrected chi connectivity index (χ4v) is 3.31. The van der Waals surface area contributed by atoms with E-state index in [4.69, 9.17) is 22.1 Å². The number of halogens is 1. The zero-order valence-electron chi connectivity index (χ0n) is 12.6. The number of anilines is 2. The van der Waals surface area contributed by atoms with Gasteiger partial charge < -0.3 is 15.8 Å². The molecule has 1 aromatic carbocycles. The van der Waals surface area contributed by atoms with Gasteiger partial charge in [0.25, 0.3) is 0 Å². The van der Waals surface area contributed by atoms with Crippen molar-refractivity contribution in [3.63, 3.8) is 0 Å². The molecule has 116 valence electrons. The number of carbonyl (C=O) groups is 1. The molecule has 4 nitrogen and oxygen atoms in total. The Labute approximate surface area is 131 Å². The Morgan fingerprint density at radius 3 is 2.67 bits per heavy atom. The number of nitrogens with one attached hydrogen (secondary N) is 1. The number of nitrogen functional groups attached to an aromatic ring is 1. The molecule has 21 heavy (non-hydrogen) atoms. The molecule has 0 radical (unpaired) electrons. The molecule has 1 aromatic rings. The molecule has 0 amide bonds. The molecule has 5 heteroatoms. The number of nitrogens with two attached hydrogens (primary N) is 1. The summed E-state index contributed by atoms with van der Waals surface area (Å²) in [6.45, 7) is 2.14. The van der Waals surface area contributed by atoms with Gasteiger partial charge in [0.2, 0.25) is 0 Å². The molecule has 1 aliphatic carbocycles. The van der Waals surface area contributed by atoms with Crippen LogP contribution in [-0.2, 0) is 4.74 Å². The number of methoxy groups -OCH3 is 1. The smallest absolute Gasteiger partial charge is 0.340 e. The Balaban J connectivity index is 2.23. The zero-order valence-corrected chi connectivity index (χ0v) is 13.4. The molecule has 0 saturated heterocycles. The van der Waals surface area contributed by atoms with Gasteiger partial charge in [-0.3, -0.25) is 0 Å². The number of benzene rings is 1. The molecule has 1 saturated carbocycles. The quantitative estimate of drug-likeness (QED) is 0.649. The highest BCUT2D eigenvalue weighted by Crippen LogP contribution is 2.33. The first-order chi connectivity index (χ1) is 10.0. The predicted molar refractivity (Wildman–Crippen MR) is 86.9 cm³/mol. The second kappa shape index (κ2) is 7.03. The number of rotatable bonds is 4. The minimum atomic E-state index is -0.428. The fourth-order valence-electron chi connectivity index (χ4n) is 3.02. The van der Waals surface area contributed by atoms with E-state index in [-0.39, 0.29) is 6.04 Å². The Kier molecular flexibility index (Phi) is 5.34. The number of esters is 1. The van der Waals surface area contributed by atoms with Crippen LogP contribution in [0, 0.1) is 5.92 Å². The van der Waals surface area contributed by atoms with E-state index in [1.807, 2.05) is 0 Å². The van der Waals surface area contributed by atoms with Crippen molar-refractivity contribution < 1.29 is 9.53 Å². The highest BCUT2D eigenvalue weighted by Gasteiger charge is 2.23. The van der Waals surface area contributed by atoms with Gasteiger partial charge in [-0.05, 0) is 37.8 Å². The summed E-state index contributed by atoms with van der Waals surface area (Å²) in [7, 11) is 1.35. The summed E-state index contributed by atoms with van der Waals surface area (Å²) >= 11 is 6.27. The lowest BCUT2D eigenvalue weighted by Gasteiger charge is -2.30. The second-order valence-electron chi connectivity index (χ2n) is 5.75. The molecule has 1 fully saturated rings. The maximum atomic E-state index is 11.9. The minimum absolute atomic E-state index is 0.259. The molecule has 3 N–H and O–H groups in total. The molecular weight excluding hydrogens is 288 g/mol. The van der Waals surface area contributed by atoms with E-state index in [0.717, 1.165) is 0 Å². The van der Waals surface area contributed by atoms with Crippen LogP contribution in [0.1, 0.15) is 49.4 Å². The van der Waals surface area contributed by atoms with E-state index in [1.54, 1.807) is 12.1 Å². The standard InChI is InChI=1S/C16H23ClN2O2/c1-10(11-6-4-3-5-7-11)19-15-13(16(20)21-2)8-12(18)9-14(15)17/h8-11,19H,3-7,18H2,1-2H3. The Morgan fingerprint density at radius 1 is 1.38 bits per heavy atom. The minimum Gasteiger partial charge on any atom is -0.465 e. The first-order valence-corrected chi connectivity index (χ1v) is 7.84. The number of hydrogen-bond donors (Lipinski definition) is 2. The van der Waals surface area contributed by atoms with E-state index in [2.05, 4.69) is 12.2 Å². The summed E-state index contributed by atoms with van der Waals surface area (Å²) in [5.74, 6) is 0.181. The van der Waals surface area contributed by atoms with Gasteiger partial charge in [0.05, 0.1) is 23.4 Å². The van der Waals surface area contributed by atoms with Crippen molar-refractivity contribution in [2.24, 2.45) is 5.92 Å². The van der Waals surface area contributed by atoms with Crippen LogP contribution in [0.25, 0.3) is 0 Å². The van der Waals surface area contributed by atoms with Crippen LogP contribution in [0.4, 0.5) is 11.4 Å². The highest BCUT2D eigenvalue weighted by molar-refractivity contribution is 6.34. The van der Waals surface area contributed by atoms with E-state index >= 15 is 0 Å². The average molecular weight is 311 g/mol. The SMILES string of the molecule is COC(=O)c1cc(N)cc(Cl)c1NC(C)C1CCCCC1. The van der Waals surface area contributed by atoms with Crippen LogP contribution >= 0.6 is 11.6 Å². The van der Waals surface area contributed by atoms with Crippen LogP contribution in [0.15, 0.2) is 12.1 Å². The van der Waals surface area contributed by atoms with Crippen molar-refractivity contribution in [3.05, 3.63) is 22.7 Å². The third kappa shape index (κ3) is 3.82. The number of hydrogen-bond acceptors (Lipinski definition) is 4. The topological polar surface area (TPSA) is 64.3 Å². The van der Waals surface area contributed by atoms with Crippen molar-refractivity contribution in [1.82, 2.24) is 0 Å². The summed E-state index contributed by atoms with van der Waals surface area (Å²) in [4.78, 5) is 11.9. The van der Waals surface area contributed by atoms with Crippen molar-refractivity contribution in [2.45, 2.75) is 45.1 Å². The second-order valence-corrected chi connectivity index (χ2v) is 6.16. The summed E-state index contributed by atoms with van der Waals surface area (Å²) in [6.07, 6.45) is 6.30. The maximum absolute atomic E-state index is 11.9. The van der Waals surface area contributed by atoms with Gasteiger partial charge in [0.1, 0.15) is 0 Å². The van der Waals surface area contributed by atoms with E-state index < -0.39 is 5.97 Å². The van der Waals surface area contributed by atoms with E-state index in [0.29, 0.717) is 27.9 Å². The lowest BCUT2D eigenvalue weighted by atomic mass is 9.84. The molecule has 2 rings (SSSR count). The van der Waals surface area contributed by atoms with Gasteiger partial charge in [0.15, 0.2) is 0 Å². The summed E-state index contributed by atoms with van der Waals surface area (Å²) in [5, 5.41) is 3.86. The van der Waals surface area contributed by atoms with Crippen LogP contribution in [-0.4, -0.2) is 19.1 Å². The lowest BCUT2D eigenvalue weighted by molar-refractivity contribution is 0.0602. The molecule has 0 aliphatic heterocycles. The summed E-state index contributed by atoms with van der Waals surface area (Å²) < 4.78 is 4.82. The highest BCUT2D eigenvalue weighted by atomic mass is 35.5. The van der Waals surface area contributed by atoms with Crippen LogP contribution in [0.2, 0.25) is 5.02 Å². The first kappa shape index (κ1) is 16.0. The van der Waals surface area contributed by atoms with Gasteiger partial charge in [0, 0.05) is 11.7 Å². The Bertz CT molecular complexity index is 513. The maximum Gasteiger partial charge on any atom is 0.340 e. The van der Waals surface area contributed by atoms with Crippen molar-refractivity contribution >= 4 is 28.9 Å². The van der Waals surface area contributed by atoms with Crippen LogP contribution in [0.5, 0.6) is 0 Å². The molecule has 1 unspecified atom stereocenters. The average Bonchev–Trinajstić information content (AvgIpc) is 2.49. The Hall–Kier alpha value is -1.42. The number of ether oxygens (including phenoxy) is 1. The van der Waals surface area contributed by atoms with Gasteiger partial charge >= 0.3 is 5.97 Å². The largest absolute Gasteiger partial charge is 0.465 e. The third-order valence-corrected chi connectivity index (χ3v) is 4.54. The molecule has 0 spiro atoms. The zero-order chi connectivity index (χ0) is 15.4. The molecule has 1 atom stereocenters. The molecule has 0 aromatic heterocycles. The monoisotopic (exact) mass is 310 g/mol. The molecular formula is C16H23ClN2O2. The molecule has 1 aliphatic rings. The van der Waals surface area contributed by atoms with Crippen molar-refractivity contribution in [1.29, 1.82) is 0 Å². The Morgan fingerprint density at radius 2 is 2.05 bits per heavy atom. The fraction of sp³-hybridized carbons (Fsp3) is 0.562. The van der Waals surface area contributed by atoms with Crippen molar-refractivity contribution in [3.8, 4) is 0 Å². The third-order valence-electron chi connectivity index (χ3n) is 4.25. The van der Waals surface area contributed by atoms with E-state index in [9.17, 15) is 4.79 Å². The first-order valence-electron chi connectivity index (χ1n) is 7.46. The lowest BCUT2D eigenvalue weighted by Crippen LogP contribution is -2.28. The molecule has 0 heterocycles. The van der Waals surface area contributed by atoms with Gasteiger partial charge in [-0.1, -0.05) is 30.9 Å². The summed E-state index contributed by atoms with van der Waals surface area (Å²) in [6, 6.07) is 3.52. The number of carbonyl (C=O) groups excluding carboxylic acids is 1. The summed E-state index contributed by atoms with van der Waals surface area (Å²) in [5.41, 5.74) is 7.24. The van der Waals surface area contributed by atoms with Crippen LogP contribution in [0.3, 0.4) is 0 Å². The normalized spacial score (nSPS) is 17.3.